The highest BCUT2D eigenvalue weighted by Crippen LogP contribution is 2.34. The van der Waals surface area contributed by atoms with Gasteiger partial charge < -0.3 is 9.47 Å². The lowest BCUT2D eigenvalue weighted by Gasteiger charge is -2.30. The standard InChI is InChI=1S/C13H10F3N5S/c14-13(15,16)12-19-18-10-7-20(4-5-21(10)12)9-1-3-17-8-2-6-22-11(8)9/h1-3,6H,4-5,7H2. The minimum absolute atomic E-state index is 0.215. The molecule has 4 rings (SSSR count). The van der Waals surface area contributed by atoms with Crippen LogP contribution in [0.3, 0.4) is 0 Å². The summed E-state index contributed by atoms with van der Waals surface area (Å²) in [4.78, 5) is 6.30. The van der Waals surface area contributed by atoms with Crippen molar-refractivity contribution in [2.45, 2.75) is 19.3 Å². The number of fused-ring (bicyclic) bond motifs is 2. The highest BCUT2D eigenvalue weighted by molar-refractivity contribution is 7.17. The van der Waals surface area contributed by atoms with Crippen LogP contribution in [0.5, 0.6) is 0 Å². The first kappa shape index (κ1) is 13.5. The second-order valence-corrected chi connectivity index (χ2v) is 5.89. The van der Waals surface area contributed by atoms with Gasteiger partial charge in [0, 0.05) is 19.3 Å². The predicted octanol–water partition coefficient (Wildman–Crippen LogP) is 2.93. The third-order valence-electron chi connectivity index (χ3n) is 3.67. The number of anilines is 1. The topological polar surface area (TPSA) is 46.8 Å². The van der Waals surface area contributed by atoms with E-state index in [0.29, 0.717) is 18.9 Å². The molecule has 0 fully saturated rings. The molecular formula is C13H10F3N5S. The van der Waals surface area contributed by atoms with Gasteiger partial charge in [-0.2, -0.15) is 13.2 Å². The summed E-state index contributed by atoms with van der Waals surface area (Å²) in [5, 5.41) is 8.96. The van der Waals surface area contributed by atoms with E-state index in [1.807, 2.05) is 22.4 Å². The number of pyridine rings is 1. The second-order valence-electron chi connectivity index (χ2n) is 4.98. The normalized spacial score (nSPS) is 15.3. The number of hydrogen-bond donors (Lipinski definition) is 0. The van der Waals surface area contributed by atoms with Gasteiger partial charge in [-0.1, -0.05) is 0 Å². The average molecular weight is 325 g/mol. The fourth-order valence-corrected chi connectivity index (χ4v) is 3.57. The lowest BCUT2D eigenvalue weighted by molar-refractivity contribution is -0.147. The first-order valence-electron chi connectivity index (χ1n) is 6.60. The van der Waals surface area contributed by atoms with Crippen LogP contribution in [0.2, 0.25) is 0 Å². The first-order valence-corrected chi connectivity index (χ1v) is 7.48. The molecule has 0 unspecified atom stereocenters. The third-order valence-corrected chi connectivity index (χ3v) is 4.60. The number of thiophene rings is 1. The van der Waals surface area contributed by atoms with Crippen LogP contribution < -0.4 is 4.90 Å². The van der Waals surface area contributed by atoms with Crippen molar-refractivity contribution in [2.24, 2.45) is 0 Å². The monoisotopic (exact) mass is 325 g/mol. The Balaban J connectivity index is 1.71. The Kier molecular flexibility index (Phi) is 2.86. The number of aromatic nitrogens is 4. The second kappa shape index (κ2) is 4.67. The van der Waals surface area contributed by atoms with E-state index < -0.39 is 12.0 Å². The summed E-state index contributed by atoms with van der Waals surface area (Å²) in [5.74, 6) is -0.585. The summed E-state index contributed by atoms with van der Waals surface area (Å²) < 4.78 is 40.7. The van der Waals surface area contributed by atoms with Crippen LogP contribution in [-0.4, -0.2) is 26.3 Å². The van der Waals surface area contributed by atoms with Gasteiger partial charge in [-0.3, -0.25) is 4.98 Å². The summed E-state index contributed by atoms with van der Waals surface area (Å²) in [6, 6.07) is 3.81. The average Bonchev–Trinajstić information content (AvgIpc) is 3.11. The number of alkyl halides is 3. The molecule has 1 aliphatic heterocycles. The fourth-order valence-electron chi connectivity index (χ4n) is 2.68. The Hall–Kier alpha value is -2.16. The molecule has 0 saturated heterocycles. The van der Waals surface area contributed by atoms with Crippen LogP contribution in [0, 0.1) is 0 Å². The molecule has 1 aliphatic rings. The molecule has 0 spiro atoms. The fraction of sp³-hybridized carbons (Fsp3) is 0.308. The molecule has 0 atom stereocenters. The van der Waals surface area contributed by atoms with Crippen molar-refractivity contribution in [1.29, 1.82) is 0 Å². The van der Waals surface area contributed by atoms with Crippen LogP contribution in [-0.2, 0) is 19.3 Å². The molecule has 22 heavy (non-hydrogen) atoms. The quantitative estimate of drug-likeness (QED) is 0.690. The first-order chi connectivity index (χ1) is 10.5. The predicted molar refractivity (Wildman–Crippen MR) is 75.7 cm³/mol. The van der Waals surface area contributed by atoms with Crippen LogP contribution in [0.25, 0.3) is 10.2 Å². The summed E-state index contributed by atoms with van der Waals surface area (Å²) >= 11 is 1.57. The van der Waals surface area contributed by atoms with Gasteiger partial charge in [0.25, 0.3) is 0 Å². The molecule has 5 nitrogen and oxygen atoms in total. The summed E-state index contributed by atoms with van der Waals surface area (Å²) in [6.45, 7) is 0.998. The summed E-state index contributed by atoms with van der Waals surface area (Å²) in [6.07, 6.45) is -2.75. The van der Waals surface area contributed by atoms with Crippen molar-refractivity contribution in [3.05, 3.63) is 35.4 Å². The lowest BCUT2D eigenvalue weighted by Crippen LogP contribution is -2.35. The van der Waals surface area contributed by atoms with Crippen molar-refractivity contribution < 1.29 is 13.2 Å². The highest BCUT2D eigenvalue weighted by atomic mass is 32.1. The molecule has 114 valence electrons. The molecule has 4 heterocycles. The minimum atomic E-state index is -4.47. The maximum Gasteiger partial charge on any atom is 0.451 e. The zero-order valence-corrected chi connectivity index (χ0v) is 12.0. The molecule has 0 amide bonds. The maximum atomic E-state index is 12.9. The van der Waals surface area contributed by atoms with Crippen LogP contribution >= 0.6 is 11.3 Å². The van der Waals surface area contributed by atoms with Gasteiger partial charge in [0.2, 0.25) is 5.82 Å². The Morgan fingerprint density at radius 2 is 2.00 bits per heavy atom. The van der Waals surface area contributed by atoms with E-state index in [1.165, 1.54) is 0 Å². The van der Waals surface area contributed by atoms with E-state index in [1.54, 1.807) is 17.5 Å². The Bertz CT molecular complexity index is 838. The van der Waals surface area contributed by atoms with Gasteiger partial charge >= 0.3 is 6.18 Å². The molecule has 3 aromatic rings. The SMILES string of the molecule is FC(F)(F)c1nnc2n1CCN(c1ccnc3ccsc13)C2. The largest absolute Gasteiger partial charge is 0.451 e. The number of nitrogens with zero attached hydrogens (tertiary/aromatic N) is 5. The summed E-state index contributed by atoms with van der Waals surface area (Å²) in [5.41, 5.74) is 1.87. The van der Waals surface area contributed by atoms with Gasteiger partial charge in [0.15, 0.2) is 5.82 Å². The molecule has 0 N–H and O–H groups in total. The molecule has 9 heteroatoms. The van der Waals surface area contributed by atoms with Crippen molar-refractivity contribution in [3.63, 3.8) is 0 Å². The Labute approximate surface area is 127 Å². The number of hydrogen-bond acceptors (Lipinski definition) is 5. The molecule has 0 aliphatic carbocycles. The Morgan fingerprint density at radius 3 is 2.82 bits per heavy atom. The molecule has 0 bridgehead atoms. The van der Waals surface area contributed by atoms with E-state index in [9.17, 15) is 13.2 Å². The molecule has 0 aromatic carbocycles. The molecule has 0 saturated carbocycles. The van der Waals surface area contributed by atoms with Gasteiger partial charge in [-0.15, -0.1) is 21.5 Å². The molecular weight excluding hydrogens is 315 g/mol. The van der Waals surface area contributed by atoms with E-state index in [2.05, 4.69) is 15.2 Å². The highest BCUT2D eigenvalue weighted by Gasteiger charge is 2.39. The third kappa shape index (κ3) is 2.04. The number of halogens is 3. The van der Waals surface area contributed by atoms with E-state index in [-0.39, 0.29) is 6.54 Å². The Morgan fingerprint density at radius 1 is 1.14 bits per heavy atom. The van der Waals surface area contributed by atoms with E-state index in [0.717, 1.165) is 20.5 Å². The molecule has 3 aromatic heterocycles. The van der Waals surface area contributed by atoms with Crippen molar-refractivity contribution in [2.75, 3.05) is 11.4 Å². The number of rotatable bonds is 1. The van der Waals surface area contributed by atoms with Gasteiger partial charge in [0.05, 0.1) is 22.4 Å². The zero-order valence-electron chi connectivity index (χ0n) is 11.2. The van der Waals surface area contributed by atoms with Crippen molar-refractivity contribution in [3.8, 4) is 0 Å². The van der Waals surface area contributed by atoms with Crippen LogP contribution in [0.1, 0.15) is 11.6 Å². The van der Waals surface area contributed by atoms with E-state index in [4.69, 9.17) is 0 Å². The maximum absolute atomic E-state index is 12.9. The molecule has 0 radical (unpaired) electrons. The van der Waals surface area contributed by atoms with E-state index >= 15 is 0 Å². The van der Waals surface area contributed by atoms with Gasteiger partial charge in [-0.25, -0.2) is 0 Å². The van der Waals surface area contributed by atoms with Crippen LogP contribution in [0.15, 0.2) is 23.7 Å². The van der Waals surface area contributed by atoms with Crippen LogP contribution in [0.4, 0.5) is 18.9 Å². The van der Waals surface area contributed by atoms with Gasteiger partial charge in [-0.05, 0) is 17.5 Å². The lowest BCUT2D eigenvalue weighted by atomic mass is 10.2. The summed E-state index contributed by atoms with van der Waals surface area (Å²) in [7, 11) is 0. The van der Waals surface area contributed by atoms with Gasteiger partial charge in [0.1, 0.15) is 0 Å². The van der Waals surface area contributed by atoms with Crippen molar-refractivity contribution in [1.82, 2.24) is 19.7 Å². The zero-order chi connectivity index (χ0) is 15.3. The minimum Gasteiger partial charge on any atom is -0.361 e. The van der Waals surface area contributed by atoms with Crippen molar-refractivity contribution >= 4 is 27.2 Å². The smallest absolute Gasteiger partial charge is 0.361 e.